The Bertz CT molecular complexity index is 2460. The molecule has 6 amide bonds. The Morgan fingerprint density at radius 3 is 0.792 bits per heavy atom. The molecule has 0 aromatic carbocycles. The highest BCUT2D eigenvalue weighted by Gasteiger charge is 2.24. The summed E-state index contributed by atoms with van der Waals surface area (Å²) in [5, 5.41) is 0. The smallest absolute Gasteiger partial charge is 0.311 e. The van der Waals surface area contributed by atoms with E-state index in [1.165, 1.54) is 43.4 Å². The molecule has 0 saturated heterocycles. The Morgan fingerprint density at radius 1 is 0.347 bits per heavy atom. The van der Waals surface area contributed by atoms with Gasteiger partial charge in [-0.15, -0.1) is 0 Å². The molecule has 0 saturated carbocycles. The molecule has 0 aliphatic heterocycles. The number of hydrogen-bond acceptors (Lipinski definition) is 18. The van der Waals surface area contributed by atoms with E-state index in [0.717, 1.165) is 6.42 Å². The fraction of sp³-hybridized carbons (Fsp3) is 0.688. The van der Waals surface area contributed by atoms with Gasteiger partial charge in [-0.05, 0) is 191 Å². The first-order valence-electron chi connectivity index (χ1n) is 35.5. The Hall–Kier alpha value is -7.92. The largest absolute Gasteiger partial charge is 0.466 e. The van der Waals surface area contributed by atoms with Crippen LogP contribution in [0.1, 0.15) is 217 Å². The molecule has 0 heterocycles. The maximum Gasteiger partial charge on any atom is 0.311 e. The molecule has 0 aliphatic rings. The Kier molecular flexibility index (Phi) is 65.0. The highest BCUT2D eigenvalue weighted by molar-refractivity contribution is 5.89. The van der Waals surface area contributed by atoms with Crippen molar-refractivity contribution in [2.75, 3.05) is 78.9 Å². The van der Waals surface area contributed by atoms with Crippen LogP contribution in [0.5, 0.6) is 0 Å². The summed E-state index contributed by atoms with van der Waals surface area (Å²) in [6, 6.07) is 0.768. The number of rotatable bonds is 42. The molecule has 0 atom stereocenters. The maximum atomic E-state index is 11.5. The van der Waals surface area contributed by atoms with Gasteiger partial charge >= 0.3 is 35.8 Å². The number of carbonyl (C=O) groups is 12. The van der Waals surface area contributed by atoms with Crippen molar-refractivity contribution in [3.05, 3.63) is 75.9 Å². The average Bonchev–Trinajstić information content (AvgIpc) is 1.02. The quantitative estimate of drug-likeness (QED) is 0.0238. The predicted molar refractivity (Wildman–Crippen MR) is 400 cm³/mol. The number of hydrogen-bond donors (Lipinski definition) is 0. The number of esters is 6. The highest BCUT2D eigenvalue weighted by Crippen LogP contribution is 2.16. The van der Waals surface area contributed by atoms with E-state index in [0.29, 0.717) is 143 Å². The first-order chi connectivity index (χ1) is 47.0. The lowest BCUT2D eigenvalue weighted by Crippen LogP contribution is -2.37. The van der Waals surface area contributed by atoms with Gasteiger partial charge in [0.1, 0.15) is 0 Å². The van der Waals surface area contributed by atoms with Crippen LogP contribution in [0.25, 0.3) is 0 Å². The molecule has 101 heavy (non-hydrogen) atoms. The standard InChI is InChI=1S/2C14H25NO3.2C13H23NO3.C12H21NO3.C11H19NO3/c1-7-12(16)15(11(2)3)9-8-10-18-13(17)14(4,5)6;1-6-13(16)15(12(4)5)8-7-9-18-14(17)10-11(2)3;1-6-12(15)14(11(4)5)8-7-9-17-13(16)10(2)3;1-5-8-13(16)17-10-7-9-14(11(3)4)12(15)6-2;1-5-11(14)13(10(3)4)8-7-9-16-12(15)6-2;1-5-11(14)12(9(2)3)7-6-8-15-10(4)13/h7,11H,1,8-10H2,2-6H3;6,11-12H,1,7-10H2,2-5H3;6,10-11H,1,7-9H2,2-5H3;6,11H,2,5,7-10H2,1,3-4H3;5,10H,1,6-9H2,2-4H3;5,9H,1,6-8H2,2-4H3. The SMILES string of the molecule is C=CC(=O)N(CCCOC(=O)C(C)(C)C)C(C)C.C=CC(=O)N(CCCOC(=O)C(C)C)C(C)C.C=CC(=O)N(CCCOC(=O)CC(C)C)C(C)C.C=CC(=O)N(CCCOC(=O)CC)C(C)C.C=CC(=O)N(CCCOC(=O)CCC)C(C)C.C=CC(=O)N(CCCOC(C)=O)C(C)C. The summed E-state index contributed by atoms with van der Waals surface area (Å²) in [5.41, 5.74) is -0.478. The van der Waals surface area contributed by atoms with Crippen molar-refractivity contribution in [2.45, 2.75) is 253 Å². The summed E-state index contributed by atoms with van der Waals surface area (Å²) in [5.74, 6) is -1.56. The first kappa shape index (κ1) is 104. The Labute approximate surface area is 609 Å². The van der Waals surface area contributed by atoms with E-state index < -0.39 is 5.41 Å². The highest BCUT2D eigenvalue weighted by atomic mass is 16.6. The lowest BCUT2D eigenvalue weighted by Gasteiger charge is -2.25. The minimum Gasteiger partial charge on any atom is -0.466 e. The molecule has 0 rings (SSSR count). The van der Waals surface area contributed by atoms with E-state index in [4.69, 9.17) is 28.4 Å². The van der Waals surface area contributed by atoms with Crippen molar-refractivity contribution in [1.82, 2.24) is 29.4 Å². The minimum absolute atomic E-state index is 0.0834. The second-order valence-electron chi connectivity index (χ2n) is 26.5. The van der Waals surface area contributed by atoms with Crippen LogP contribution < -0.4 is 0 Å². The van der Waals surface area contributed by atoms with Gasteiger partial charge in [0.15, 0.2) is 0 Å². The molecule has 0 bridgehead atoms. The normalized spacial score (nSPS) is 10.4. The van der Waals surface area contributed by atoms with Gasteiger partial charge in [-0.2, -0.15) is 0 Å². The molecule has 582 valence electrons. The number of carbonyl (C=O) groups excluding carboxylic acids is 12. The van der Waals surface area contributed by atoms with Gasteiger partial charge in [0, 0.05) is 102 Å². The van der Waals surface area contributed by atoms with E-state index in [1.54, 1.807) is 50.2 Å². The van der Waals surface area contributed by atoms with Crippen molar-refractivity contribution < 1.29 is 86.0 Å². The molecule has 0 N–H and O–H groups in total. The Morgan fingerprint density at radius 2 is 0.584 bits per heavy atom. The molecule has 24 heteroatoms. The zero-order valence-electron chi connectivity index (χ0n) is 66.4. The lowest BCUT2D eigenvalue weighted by molar-refractivity contribution is -0.153. The molecule has 0 spiro atoms. The Balaban J connectivity index is -0.000000268. The topological polar surface area (TPSA) is 280 Å². The van der Waals surface area contributed by atoms with Crippen molar-refractivity contribution in [1.29, 1.82) is 0 Å². The fourth-order valence-corrected chi connectivity index (χ4v) is 8.12. The van der Waals surface area contributed by atoms with Crippen molar-refractivity contribution >= 4 is 71.3 Å². The lowest BCUT2D eigenvalue weighted by atomic mass is 9.97. The monoisotopic (exact) mass is 1430 g/mol. The van der Waals surface area contributed by atoms with Crippen LogP contribution in [0.4, 0.5) is 0 Å². The summed E-state index contributed by atoms with van der Waals surface area (Å²) >= 11 is 0. The van der Waals surface area contributed by atoms with E-state index in [9.17, 15) is 57.5 Å². The molecule has 0 radical (unpaired) electrons. The molecule has 0 aromatic heterocycles. The molecule has 0 unspecified atom stereocenters. The minimum atomic E-state index is -0.478. The van der Waals surface area contributed by atoms with Crippen molar-refractivity contribution in [3.8, 4) is 0 Å². The fourth-order valence-electron chi connectivity index (χ4n) is 8.12. The summed E-state index contributed by atoms with van der Waals surface area (Å²) < 4.78 is 30.0. The number of amides is 6. The zero-order valence-corrected chi connectivity index (χ0v) is 66.4. The van der Waals surface area contributed by atoms with Crippen LogP contribution >= 0.6 is 0 Å². The predicted octanol–water partition coefficient (Wildman–Crippen LogP) is 12.0. The second kappa shape index (κ2) is 63.0. The molecule has 24 nitrogen and oxygen atoms in total. The van der Waals surface area contributed by atoms with E-state index >= 15 is 0 Å². The third kappa shape index (κ3) is 58.4. The summed E-state index contributed by atoms with van der Waals surface area (Å²) in [4.78, 5) is 146. The summed E-state index contributed by atoms with van der Waals surface area (Å²) in [7, 11) is 0. The molecule has 0 aromatic rings. The van der Waals surface area contributed by atoms with Gasteiger partial charge in [-0.1, -0.05) is 81.0 Å². The molecular formula is C77H136N6O18. The first-order valence-corrected chi connectivity index (χ1v) is 35.5. The zero-order chi connectivity index (χ0) is 79.6. The van der Waals surface area contributed by atoms with Gasteiger partial charge in [-0.3, -0.25) is 57.5 Å². The second-order valence-corrected chi connectivity index (χ2v) is 26.5. The third-order valence-corrected chi connectivity index (χ3v) is 13.7. The molecule has 0 fully saturated rings. The van der Waals surface area contributed by atoms with Gasteiger partial charge in [0.25, 0.3) is 0 Å². The van der Waals surface area contributed by atoms with Gasteiger partial charge < -0.3 is 57.8 Å². The number of nitrogens with zero attached hydrogens (tertiary/aromatic N) is 6. The van der Waals surface area contributed by atoms with Gasteiger partial charge in [0.2, 0.25) is 35.4 Å². The van der Waals surface area contributed by atoms with E-state index in [-0.39, 0.29) is 113 Å². The van der Waals surface area contributed by atoms with Gasteiger partial charge in [-0.25, -0.2) is 0 Å². The maximum absolute atomic E-state index is 11.5. The van der Waals surface area contributed by atoms with Crippen LogP contribution in [0.2, 0.25) is 0 Å². The summed E-state index contributed by atoms with van der Waals surface area (Å²) in [6.07, 6.45) is 13.8. The van der Waals surface area contributed by atoms with Crippen molar-refractivity contribution in [2.24, 2.45) is 17.3 Å². The van der Waals surface area contributed by atoms with E-state index in [2.05, 4.69) is 39.5 Å². The van der Waals surface area contributed by atoms with E-state index in [1.807, 2.05) is 125 Å². The van der Waals surface area contributed by atoms with Crippen LogP contribution in [-0.2, 0) is 86.0 Å². The molecule has 0 aliphatic carbocycles. The van der Waals surface area contributed by atoms with Crippen LogP contribution in [0, 0.1) is 17.3 Å². The van der Waals surface area contributed by atoms with Crippen LogP contribution in [-0.4, -0.2) is 216 Å². The van der Waals surface area contributed by atoms with Crippen LogP contribution in [0.3, 0.4) is 0 Å². The third-order valence-electron chi connectivity index (χ3n) is 13.7. The van der Waals surface area contributed by atoms with Crippen molar-refractivity contribution in [3.63, 3.8) is 0 Å². The molecular weight excluding hydrogens is 1300 g/mol. The average molecular weight is 1430 g/mol. The number of ether oxygens (including phenoxy) is 6. The summed E-state index contributed by atoms with van der Waals surface area (Å²) in [6.45, 7) is 67.8. The van der Waals surface area contributed by atoms with Gasteiger partial charge in [0.05, 0.1) is 51.0 Å². The van der Waals surface area contributed by atoms with Crippen LogP contribution in [0.15, 0.2) is 75.9 Å².